The number of carbonyl (C=O) groups excluding carboxylic acids is 3. The number of nitrogens with zero attached hydrogens (tertiary/aromatic N) is 1. The summed E-state index contributed by atoms with van der Waals surface area (Å²) in [5, 5.41) is 6.10. The molecule has 160 valence electrons. The standard InChI is InChI=1S/C24H24FN3O3/c1-13(2)20-18-19(22(30)28(21(18)29)11-10-14-6-4-3-5-7-14)24(27-20)16-12-15(25)8-9-17(16)26-23(24)31/h3-9,12-13,18-20,27H,10-11H2,1-2H3,(H,26,31)/t18-,19-,20?,24?/m0/s1. The van der Waals surface area contributed by atoms with Gasteiger partial charge in [-0.3, -0.25) is 24.6 Å². The van der Waals surface area contributed by atoms with Crippen LogP contribution < -0.4 is 10.6 Å². The molecular formula is C24H24FN3O3. The molecule has 4 atom stereocenters. The van der Waals surface area contributed by atoms with Crippen LogP contribution in [0.15, 0.2) is 48.5 Å². The number of hydrogen-bond donors (Lipinski definition) is 2. The molecule has 1 spiro atoms. The lowest BCUT2D eigenvalue weighted by molar-refractivity contribution is -0.142. The van der Waals surface area contributed by atoms with Crippen LogP contribution in [0.5, 0.6) is 0 Å². The van der Waals surface area contributed by atoms with E-state index in [-0.39, 0.29) is 30.3 Å². The zero-order chi connectivity index (χ0) is 21.9. The summed E-state index contributed by atoms with van der Waals surface area (Å²) in [5.74, 6) is -3.07. The summed E-state index contributed by atoms with van der Waals surface area (Å²) < 4.78 is 14.2. The van der Waals surface area contributed by atoms with Crippen LogP contribution in [0.3, 0.4) is 0 Å². The fourth-order valence-electron chi connectivity index (χ4n) is 5.44. The van der Waals surface area contributed by atoms with Gasteiger partial charge in [-0.15, -0.1) is 0 Å². The molecule has 3 heterocycles. The second kappa shape index (κ2) is 6.99. The average Bonchev–Trinajstić information content (AvgIpc) is 3.33. The van der Waals surface area contributed by atoms with Crippen molar-refractivity contribution in [3.63, 3.8) is 0 Å². The number of imide groups is 1. The van der Waals surface area contributed by atoms with Crippen LogP contribution in [0.4, 0.5) is 10.1 Å². The molecule has 2 aromatic rings. The van der Waals surface area contributed by atoms with Gasteiger partial charge in [0.1, 0.15) is 11.4 Å². The monoisotopic (exact) mass is 421 g/mol. The quantitative estimate of drug-likeness (QED) is 0.744. The summed E-state index contributed by atoms with van der Waals surface area (Å²) in [6, 6.07) is 13.4. The first kappa shape index (κ1) is 19.9. The molecule has 2 fully saturated rings. The highest BCUT2D eigenvalue weighted by Gasteiger charge is 2.70. The van der Waals surface area contributed by atoms with E-state index in [2.05, 4.69) is 10.6 Å². The number of amides is 3. The second-order valence-corrected chi connectivity index (χ2v) is 8.93. The Hall–Kier alpha value is -3.06. The minimum absolute atomic E-state index is 0.00288. The summed E-state index contributed by atoms with van der Waals surface area (Å²) >= 11 is 0. The highest BCUT2D eigenvalue weighted by molar-refractivity contribution is 6.15. The van der Waals surface area contributed by atoms with Crippen LogP contribution in [0.2, 0.25) is 0 Å². The molecule has 0 aromatic heterocycles. The Kier molecular flexibility index (Phi) is 4.48. The first-order valence-electron chi connectivity index (χ1n) is 10.6. The zero-order valence-electron chi connectivity index (χ0n) is 17.4. The fraction of sp³-hybridized carbons (Fsp3) is 0.375. The van der Waals surface area contributed by atoms with Gasteiger partial charge in [0.2, 0.25) is 17.7 Å². The van der Waals surface area contributed by atoms with E-state index in [0.717, 1.165) is 5.56 Å². The third kappa shape index (κ3) is 2.76. The van der Waals surface area contributed by atoms with E-state index in [4.69, 9.17) is 0 Å². The van der Waals surface area contributed by atoms with Crippen molar-refractivity contribution in [1.82, 2.24) is 10.2 Å². The highest BCUT2D eigenvalue weighted by Crippen LogP contribution is 2.53. The van der Waals surface area contributed by atoms with Crippen LogP contribution >= 0.6 is 0 Å². The molecule has 0 radical (unpaired) electrons. The van der Waals surface area contributed by atoms with E-state index < -0.39 is 29.1 Å². The first-order chi connectivity index (χ1) is 14.8. The maximum atomic E-state index is 14.2. The predicted molar refractivity (Wildman–Crippen MR) is 112 cm³/mol. The van der Waals surface area contributed by atoms with E-state index in [0.29, 0.717) is 17.7 Å². The number of benzene rings is 2. The van der Waals surface area contributed by atoms with Crippen molar-refractivity contribution in [1.29, 1.82) is 0 Å². The van der Waals surface area contributed by atoms with E-state index in [1.54, 1.807) is 0 Å². The summed E-state index contributed by atoms with van der Waals surface area (Å²) in [6.07, 6.45) is 0.544. The Balaban J connectivity index is 1.55. The lowest BCUT2D eigenvalue weighted by Gasteiger charge is -2.30. The molecule has 3 aliphatic heterocycles. The maximum absolute atomic E-state index is 14.2. The lowest BCUT2D eigenvalue weighted by atomic mass is 9.76. The van der Waals surface area contributed by atoms with Gasteiger partial charge in [-0.1, -0.05) is 44.2 Å². The molecule has 6 nitrogen and oxygen atoms in total. The molecular weight excluding hydrogens is 397 g/mol. The topological polar surface area (TPSA) is 78.5 Å². The molecule has 31 heavy (non-hydrogen) atoms. The SMILES string of the molecule is CC(C)C1NC2(C(=O)Nc3ccc(F)cc32)[C@@H]2C(=O)N(CCc3ccccc3)C(=O)[C@H]12. The normalized spacial score (nSPS) is 29.1. The van der Waals surface area contributed by atoms with Gasteiger partial charge >= 0.3 is 0 Å². The smallest absolute Gasteiger partial charge is 0.250 e. The minimum Gasteiger partial charge on any atom is -0.324 e. The zero-order valence-corrected chi connectivity index (χ0v) is 17.4. The van der Waals surface area contributed by atoms with E-state index >= 15 is 0 Å². The molecule has 3 aliphatic rings. The first-order valence-corrected chi connectivity index (χ1v) is 10.6. The third-order valence-electron chi connectivity index (χ3n) is 6.89. The van der Waals surface area contributed by atoms with Crippen LogP contribution in [-0.2, 0) is 26.3 Å². The van der Waals surface area contributed by atoms with Gasteiger partial charge in [0.05, 0.1) is 11.8 Å². The number of anilines is 1. The Bertz CT molecular complexity index is 1090. The van der Waals surface area contributed by atoms with E-state index in [1.165, 1.54) is 23.1 Å². The fourth-order valence-corrected chi connectivity index (χ4v) is 5.44. The molecule has 3 amide bonds. The van der Waals surface area contributed by atoms with Gasteiger partial charge in [-0.2, -0.15) is 0 Å². The Morgan fingerprint density at radius 1 is 1.06 bits per heavy atom. The molecule has 2 unspecified atom stereocenters. The largest absolute Gasteiger partial charge is 0.324 e. The van der Waals surface area contributed by atoms with E-state index in [9.17, 15) is 18.8 Å². The lowest BCUT2D eigenvalue weighted by Crippen LogP contribution is -2.54. The molecule has 2 N–H and O–H groups in total. The van der Waals surface area contributed by atoms with Gasteiger partial charge < -0.3 is 5.32 Å². The Morgan fingerprint density at radius 3 is 2.52 bits per heavy atom. The average molecular weight is 421 g/mol. The third-order valence-corrected chi connectivity index (χ3v) is 6.89. The van der Waals surface area contributed by atoms with Gasteiger partial charge in [0.15, 0.2) is 0 Å². The molecule has 2 saturated heterocycles. The summed E-state index contributed by atoms with van der Waals surface area (Å²) in [4.78, 5) is 41.5. The van der Waals surface area contributed by atoms with Crippen LogP contribution in [-0.4, -0.2) is 35.2 Å². The van der Waals surface area contributed by atoms with Crippen molar-refractivity contribution in [3.05, 3.63) is 65.5 Å². The molecule has 5 rings (SSSR count). The van der Waals surface area contributed by atoms with Crippen LogP contribution in [0.1, 0.15) is 25.0 Å². The summed E-state index contributed by atoms with van der Waals surface area (Å²) in [5.41, 5.74) is 0.469. The van der Waals surface area contributed by atoms with Crippen molar-refractivity contribution in [2.45, 2.75) is 31.8 Å². The minimum atomic E-state index is -1.44. The predicted octanol–water partition coefficient (Wildman–Crippen LogP) is 2.44. The number of nitrogens with one attached hydrogen (secondary N) is 2. The second-order valence-electron chi connectivity index (χ2n) is 8.93. The summed E-state index contributed by atoms with van der Waals surface area (Å²) in [6.45, 7) is 4.17. The van der Waals surface area contributed by atoms with Crippen molar-refractivity contribution < 1.29 is 18.8 Å². The van der Waals surface area contributed by atoms with E-state index in [1.807, 2.05) is 44.2 Å². The van der Waals surface area contributed by atoms with Crippen molar-refractivity contribution in [2.75, 3.05) is 11.9 Å². The number of likely N-dealkylation sites (tertiary alicyclic amines) is 1. The van der Waals surface area contributed by atoms with Gasteiger partial charge in [0.25, 0.3) is 0 Å². The maximum Gasteiger partial charge on any atom is 0.250 e. The highest BCUT2D eigenvalue weighted by atomic mass is 19.1. The number of halogens is 1. The Morgan fingerprint density at radius 2 is 1.81 bits per heavy atom. The van der Waals surface area contributed by atoms with Gasteiger partial charge in [-0.25, -0.2) is 4.39 Å². The van der Waals surface area contributed by atoms with Crippen molar-refractivity contribution >= 4 is 23.4 Å². The van der Waals surface area contributed by atoms with Crippen LogP contribution in [0, 0.1) is 23.6 Å². The molecule has 0 bridgehead atoms. The van der Waals surface area contributed by atoms with Gasteiger partial charge in [-0.05, 0) is 36.1 Å². The van der Waals surface area contributed by atoms with Crippen molar-refractivity contribution in [3.8, 4) is 0 Å². The molecule has 0 saturated carbocycles. The number of rotatable bonds is 4. The molecule has 0 aliphatic carbocycles. The van der Waals surface area contributed by atoms with Crippen LogP contribution in [0.25, 0.3) is 0 Å². The Labute approximate surface area is 179 Å². The number of fused-ring (bicyclic) bond motifs is 4. The summed E-state index contributed by atoms with van der Waals surface area (Å²) in [7, 11) is 0. The molecule has 2 aromatic carbocycles. The molecule has 7 heteroatoms. The van der Waals surface area contributed by atoms with Gasteiger partial charge in [0, 0.05) is 23.8 Å². The van der Waals surface area contributed by atoms with Crippen molar-refractivity contribution in [2.24, 2.45) is 17.8 Å². The number of hydrogen-bond acceptors (Lipinski definition) is 4. The number of carbonyl (C=O) groups is 3.